The third kappa shape index (κ3) is 4.32. The van der Waals surface area contributed by atoms with Gasteiger partial charge < -0.3 is 5.11 Å². The van der Waals surface area contributed by atoms with E-state index in [1.54, 1.807) is 12.1 Å². The topological polar surface area (TPSA) is 61.7 Å². The van der Waals surface area contributed by atoms with Crippen molar-refractivity contribution in [2.45, 2.75) is 46.5 Å². The van der Waals surface area contributed by atoms with Crippen LogP contribution in [-0.2, 0) is 0 Å². The number of nitrogens with zero attached hydrogens (tertiary/aromatic N) is 1. The summed E-state index contributed by atoms with van der Waals surface area (Å²) in [6.45, 7) is 6.83. The van der Waals surface area contributed by atoms with Gasteiger partial charge in [0.15, 0.2) is 0 Å². The van der Waals surface area contributed by atoms with Crippen LogP contribution in [0.15, 0.2) is 27.8 Å². The number of aromatic hydroxyl groups is 1. The van der Waals surface area contributed by atoms with Gasteiger partial charge in [-0.3, -0.25) is 4.79 Å². The molecule has 0 aliphatic heterocycles. The number of phenols is 1. The summed E-state index contributed by atoms with van der Waals surface area (Å²) in [6.07, 6.45) is 4.07. The lowest BCUT2D eigenvalue weighted by Crippen LogP contribution is -2.27. The van der Waals surface area contributed by atoms with Gasteiger partial charge in [-0.2, -0.15) is 5.10 Å². The summed E-state index contributed by atoms with van der Waals surface area (Å²) in [5.74, 6) is 0.276. The van der Waals surface area contributed by atoms with Crippen LogP contribution >= 0.6 is 15.9 Å². The number of halogens is 1. The van der Waals surface area contributed by atoms with Crippen LogP contribution in [0.2, 0.25) is 0 Å². The summed E-state index contributed by atoms with van der Waals surface area (Å²) in [5.41, 5.74) is 4.14. The first-order valence-electron chi connectivity index (χ1n) is 7.61. The van der Waals surface area contributed by atoms with Gasteiger partial charge in [0.2, 0.25) is 0 Å². The van der Waals surface area contributed by atoms with Gasteiger partial charge >= 0.3 is 0 Å². The number of carbonyl (C=O) groups excluding carboxylic acids is 1. The van der Waals surface area contributed by atoms with E-state index in [0.717, 1.165) is 35.9 Å². The average molecular weight is 367 g/mol. The maximum Gasteiger partial charge on any atom is 0.275 e. The van der Waals surface area contributed by atoms with Crippen molar-refractivity contribution < 1.29 is 9.90 Å². The smallest absolute Gasteiger partial charge is 0.275 e. The molecule has 1 aromatic carbocycles. The third-order valence-electron chi connectivity index (χ3n) is 4.31. The molecular weight excluding hydrogens is 344 g/mol. The minimum absolute atomic E-state index is 0.0441. The van der Waals surface area contributed by atoms with Crippen molar-refractivity contribution in [3.63, 3.8) is 0 Å². The molecule has 0 unspecified atom stereocenters. The zero-order valence-corrected chi connectivity index (χ0v) is 14.9. The van der Waals surface area contributed by atoms with Gasteiger partial charge in [-0.1, -0.05) is 36.7 Å². The van der Waals surface area contributed by atoms with E-state index in [-0.39, 0.29) is 17.2 Å². The van der Waals surface area contributed by atoms with Crippen LogP contribution in [0.1, 0.15) is 56.8 Å². The lowest BCUT2D eigenvalue weighted by Gasteiger charge is -2.34. The molecule has 0 bridgehead atoms. The Bertz CT molecular complexity index is 581. The highest BCUT2D eigenvalue weighted by Crippen LogP contribution is 2.36. The van der Waals surface area contributed by atoms with E-state index in [1.165, 1.54) is 6.07 Å². The van der Waals surface area contributed by atoms with Crippen molar-refractivity contribution in [3.8, 4) is 5.75 Å². The molecule has 0 saturated heterocycles. The number of amides is 1. The number of hydrogen-bond donors (Lipinski definition) is 2. The quantitative estimate of drug-likeness (QED) is 0.758. The molecule has 1 saturated carbocycles. The molecule has 1 aliphatic rings. The first-order valence-corrected chi connectivity index (χ1v) is 8.41. The van der Waals surface area contributed by atoms with Gasteiger partial charge in [-0.25, -0.2) is 5.43 Å². The summed E-state index contributed by atoms with van der Waals surface area (Å²) in [5, 5.41) is 14.0. The monoisotopic (exact) mass is 366 g/mol. The van der Waals surface area contributed by atoms with Gasteiger partial charge in [-0.15, -0.1) is 0 Å². The van der Waals surface area contributed by atoms with Gasteiger partial charge in [0.1, 0.15) is 5.75 Å². The Balaban J connectivity index is 1.95. The first kappa shape index (κ1) is 17.0. The Kier molecular flexibility index (Phi) is 5.27. The maximum absolute atomic E-state index is 12.1. The fourth-order valence-corrected chi connectivity index (χ4v) is 3.17. The number of nitrogens with one attached hydrogen (secondary N) is 1. The molecule has 0 spiro atoms. The van der Waals surface area contributed by atoms with E-state index in [0.29, 0.717) is 11.3 Å². The summed E-state index contributed by atoms with van der Waals surface area (Å²) in [4.78, 5) is 12.1. The van der Waals surface area contributed by atoms with Crippen LogP contribution in [0.4, 0.5) is 0 Å². The summed E-state index contributed by atoms with van der Waals surface area (Å²) in [7, 11) is 0. The third-order valence-corrected chi connectivity index (χ3v) is 4.80. The summed E-state index contributed by atoms with van der Waals surface area (Å²) in [6, 6.07) is 4.76. The minimum atomic E-state index is -0.385. The molecule has 1 fully saturated rings. The Morgan fingerprint density at radius 1 is 1.32 bits per heavy atom. The normalized spacial score (nSPS) is 18.9. The van der Waals surface area contributed by atoms with Crippen molar-refractivity contribution in [2.24, 2.45) is 16.4 Å². The van der Waals surface area contributed by atoms with E-state index in [1.807, 2.05) is 0 Å². The Labute approximate surface area is 140 Å². The number of rotatable bonds is 2. The van der Waals surface area contributed by atoms with Crippen molar-refractivity contribution in [3.05, 3.63) is 28.2 Å². The lowest BCUT2D eigenvalue weighted by molar-refractivity contribution is 0.0951. The molecule has 120 valence electrons. The molecule has 0 heterocycles. The van der Waals surface area contributed by atoms with E-state index in [4.69, 9.17) is 0 Å². The second-order valence-corrected chi connectivity index (χ2v) is 7.84. The van der Waals surface area contributed by atoms with Crippen molar-refractivity contribution >= 4 is 27.5 Å². The molecule has 1 amide bonds. The zero-order valence-electron chi connectivity index (χ0n) is 13.3. The Morgan fingerprint density at radius 3 is 2.55 bits per heavy atom. The van der Waals surface area contributed by atoms with Crippen molar-refractivity contribution in [1.82, 2.24) is 5.43 Å². The van der Waals surface area contributed by atoms with E-state index in [2.05, 4.69) is 47.2 Å². The van der Waals surface area contributed by atoms with Crippen LogP contribution in [0.3, 0.4) is 0 Å². The second kappa shape index (κ2) is 6.82. The van der Waals surface area contributed by atoms with Crippen LogP contribution in [0.5, 0.6) is 5.75 Å². The zero-order chi connectivity index (χ0) is 16.3. The van der Waals surface area contributed by atoms with Crippen LogP contribution in [0.25, 0.3) is 0 Å². The highest BCUT2D eigenvalue weighted by Gasteiger charge is 2.28. The highest BCUT2D eigenvalue weighted by molar-refractivity contribution is 9.10. The van der Waals surface area contributed by atoms with E-state index >= 15 is 0 Å². The van der Waals surface area contributed by atoms with Crippen molar-refractivity contribution in [2.75, 3.05) is 0 Å². The fraction of sp³-hybridized carbons (Fsp3) is 0.529. The summed E-state index contributed by atoms with van der Waals surface area (Å²) < 4.78 is 0.744. The van der Waals surface area contributed by atoms with Crippen molar-refractivity contribution in [1.29, 1.82) is 0 Å². The van der Waals surface area contributed by atoms with Gasteiger partial charge in [0.05, 0.1) is 5.56 Å². The molecule has 2 rings (SSSR count). The highest BCUT2D eigenvalue weighted by atomic mass is 79.9. The molecule has 0 atom stereocenters. The lowest BCUT2D eigenvalue weighted by atomic mass is 9.72. The molecule has 2 N–H and O–H groups in total. The van der Waals surface area contributed by atoms with Gasteiger partial charge in [-0.05, 0) is 55.2 Å². The Hall–Kier alpha value is -1.36. The number of hydrogen-bond acceptors (Lipinski definition) is 3. The average Bonchev–Trinajstić information content (AvgIpc) is 2.47. The van der Waals surface area contributed by atoms with Gasteiger partial charge in [0, 0.05) is 10.2 Å². The molecule has 5 heteroatoms. The predicted molar refractivity (Wildman–Crippen MR) is 92.1 cm³/mol. The molecular formula is C17H23BrN2O2. The molecule has 22 heavy (non-hydrogen) atoms. The predicted octanol–water partition coefficient (Wildman–Crippen LogP) is 4.48. The largest absolute Gasteiger partial charge is 0.507 e. The fourth-order valence-electron chi connectivity index (χ4n) is 2.81. The SMILES string of the molecule is CC(C)(C)C1CCC(=NNC(=O)c2cc(Br)ccc2O)CC1. The van der Waals surface area contributed by atoms with Crippen LogP contribution in [-0.4, -0.2) is 16.7 Å². The molecule has 0 radical (unpaired) electrons. The maximum atomic E-state index is 12.1. The second-order valence-electron chi connectivity index (χ2n) is 6.92. The number of carbonyl (C=O) groups is 1. The molecule has 0 aromatic heterocycles. The molecule has 4 nitrogen and oxygen atoms in total. The minimum Gasteiger partial charge on any atom is -0.507 e. The summed E-state index contributed by atoms with van der Waals surface area (Å²) >= 11 is 3.29. The van der Waals surface area contributed by atoms with E-state index < -0.39 is 0 Å². The van der Waals surface area contributed by atoms with Gasteiger partial charge in [0.25, 0.3) is 5.91 Å². The number of hydrazone groups is 1. The van der Waals surface area contributed by atoms with Crippen LogP contribution < -0.4 is 5.43 Å². The Morgan fingerprint density at radius 2 is 1.95 bits per heavy atom. The molecule has 1 aliphatic carbocycles. The number of benzene rings is 1. The van der Waals surface area contributed by atoms with Crippen LogP contribution in [0, 0.1) is 11.3 Å². The van der Waals surface area contributed by atoms with E-state index in [9.17, 15) is 9.90 Å². The standard InChI is InChI=1S/C17H23BrN2O2/c1-17(2,3)11-4-7-13(8-5-11)19-20-16(22)14-10-12(18)6-9-15(14)21/h6,9-11,21H,4-5,7-8H2,1-3H3,(H,20,22). The molecule has 1 aromatic rings. The first-order chi connectivity index (χ1) is 10.3. The number of phenolic OH excluding ortho intramolecular Hbond substituents is 1.